The van der Waals surface area contributed by atoms with Gasteiger partial charge in [0.15, 0.2) is 9.84 Å². The molecular weight excluding hydrogens is 286 g/mol. The number of rotatable bonds is 4. The first kappa shape index (κ1) is 15.4. The Kier molecular flexibility index (Phi) is 4.23. The van der Waals surface area contributed by atoms with Crippen LogP contribution in [0.3, 0.4) is 0 Å². The third kappa shape index (κ3) is 3.55. The van der Waals surface area contributed by atoms with Crippen LogP contribution in [0.15, 0.2) is 41.3 Å². The first-order valence-electron chi connectivity index (χ1n) is 6.55. The summed E-state index contributed by atoms with van der Waals surface area (Å²) in [5.74, 6) is 0.456. The second kappa shape index (κ2) is 5.77. The summed E-state index contributed by atoms with van der Waals surface area (Å²) in [6.07, 6.45) is 0. The van der Waals surface area contributed by atoms with Gasteiger partial charge in [0, 0.05) is 11.8 Å². The number of methoxy groups -OCH3 is 1. The van der Waals surface area contributed by atoms with Crippen LogP contribution in [0.4, 0.5) is 5.69 Å². The summed E-state index contributed by atoms with van der Waals surface area (Å²) in [4.78, 5) is 0.326. The third-order valence-corrected chi connectivity index (χ3v) is 5.10. The highest BCUT2D eigenvalue weighted by molar-refractivity contribution is 7.90. The molecule has 0 amide bonds. The molecule has 0 atom stereocenters. The van der Waals surface area contributed by atoms with Crippen molar-refractivity contribution >= 4 is 15.5 Å². The number of anilines is 1. The minimum absolute atomic E-state index is 0.100. The topological polar surface area (TPSA) is 69.4 Å². The summed E-state index contributed by atoms with van der Waals surface area (Å²) in [7, 11) is -1.88. The van der Waals surface area contributed by atoms with Gasteiger partial charge in [0.2, 0.25) is 0 Å². The first-order chi connectivity index (χ1) is 9.81. The van der Waals surface area contributed by atoms with Crippen molar-refractivity contribution in [3.63, 3.8) is 0 Å². The fraction of sp³-hybridized carbons (Fsp3) is 0.250. The fourth-order valence-corrected chi connectivity index (χ4v) is 3.50. The molecule has 0 spiro atoms. The lowest BCUT2D eigenvalue weighted by Crippen LogP contribution is -2.06. The zero-order valence-electron chi connectivity index (χ0n) is 12.4. The average Bonchev–Trinajstić information content (AvgIpc) is 2.40. The van der Waals surface area contributed by atoms with Gasteiger partial charge in [-0.25, -0.2) is 8.42 Å². The summed E-state index contributed by atoms with van der Waals surface area (Å²) in [6.45, 7) is 3.85. The molecule has 21 heavy (non-hydrogen) atoms. The maximum atomic E-state index is 12.5. The predicted octanol–water partition coefficient (Wildman–Crippen LogP) is 2.87. The van der Waals surface area contributed by atoms with E-state index in [0.717, 1.165) is 11.1 Å². The maximum Gasteiger partial charge on any atom is 0.182 e. The highest BCUT2D eigenvalue weighted by atomic mass is 32.2. The molecule has 0 saturated carbocycles. The van der Waals surface area contributed by atoms with Gasteiger partial charge in [-0.1, -0.05) is 6.07 Å². The molecule has 0 aliphatic carbocycles. The number of ether oxygens (including phenoxy) is 1. The van der Waals surface area contributed by atoms with E-state index in [1.54, 1.807) is 30.3 Å². The van der Waals surface area contributed by atoms with Crippen molar-refractivity contribution in [3.05, 3.63) is 53.1 Å². The van der Waals surface area contributed by atoms with E-state index >= 15 is 0 Å². The SMILES string of the molecule is COc1cc(N)cc(CS(=O)(=O)c2ccc(C)c(C)c2)c1. The molecule has 0 saturated heterocycles. The molecule has 2 N–H and O–H groups in total. The number of sulfone groups is 1. The quantitative estimate of drug-likeness (QED) is 0.882. The smallest absolute Gasteiger partial charge is 0.182 e. The van der Waals surface area contributed by atoms with Gasteiger partial charge in [0.25, 0.3) is 0 Å². The van der Waals surface area contributed by atoms with Crippen LogP contribution in [0.5, 0.6) is 5.75 Å². The number of benzene rings is 2. The Morgan fingerprint density at radius 2 is 1.76 bits per heavy atom. The summed E-state index contributed by atoms with van der Waals surface area (Å²) in [5.41, 5.74) is 8.89. The van der Waals surface area contributed by atoms with E-state index in [1.165, 1.54) is 7.11 Å². The van der Waals surface area contributed by atoms with Crippen molar-refractivity contribution in [2.24, 2.45) is 0 Å². The zero-order chi connectivity index (χ0) is 15.6. The molecule has 0 bridgehead atoms. The van der Waals surface area contributed by atoms with E-state index in [0.29, 0.717) is 21.9 Å². The highest BCUT2D eigenvalue weighted by Crippen LogP contribution is 2.24. The minimum atomic E-state index is -3.41. The molecule has 0 radical (unpaired) electrons. The molecule has 0 fully saturated rings. The van der Waals surface area contributed by atoms with Crippen LogP contribution in [0.1, 0.15) is 16.7 Å². The van der Waals surface area contributed by atoms with Gasteiger partial charge < -0.3 is 10.5 Å². The Labute approximate surface area is 125 Å². The molecule has 0 aliphatic heterocycles. The molecule has 2 aromatic rings. The minimum Gasteiger partial charge on any atom is -0.497 e. The van der Waals surface area contributed by atoms with E-state index in [9.17, 15) is 8.42 Å². The van der Waals surface area contributed by atoms with E-state index in [4.69, 9.17) is 10.5 Å². The van der Waals surface area contributed by atoms with Crippen LogP contribution in [-0.2, 0) is 15.6 Å². The second-order valence-electron chi connectivity index (χ2n) is 5.12. The summed E-state index contributed by atoms with van der Waals surface area (Å²) >= 11 is 0. The largest absolute Gasteiger partial charge is 0.497 e. The zero-order valence-corrected chi connectivity index (χ0v) is 13.2. The van der Waals surface area contributed by atoms with Crippen LogP contribution in [0, 0.1) is 13.8 Å². The third-order valence-electron chi connectivity index (χ3n) is 3.42. The van der Waals surface area contributed by atoms with Crippen molar-refractivity contribution < 1.29 is 13.2 Å². The number of hydrogen-bond acceptors (Lipinski definition) is 4. The van der Waals surface area contributed by atoms with Crippen LogP contribution in [-0.4, -0.2) is 15.5 Å². The van der Waals surface area contributed by atoms with Crippen molar-refractivity contribution in [1.82, 2.24) is 0 Å². The Morgan fingerprint density at radius 1 is 1.05 bits per heavy atom. The van der Waals surface area contributed by atoms with Crippen LogP contribution < -0.4 is 10.5 Å². The standard InChI is InChI=1S/C16H19NO3S/c1-11-4-5-16(6-12(11)2)21(18,19)10-13-7-14(17)9-15(8-13)20-3/h4-9H,10,17H2,1-3H3. The Balaban J connectivity index is 2.37. The van der Waals surface area contributed by atoms with Crippen molar-refractivity contribution in [3.8, 4) is 5.75 Å². The lowest BCUT2D eigenvalue weighted by atomic mass is 10.1. The number of nitrogens with two attached hydrogens (primary N) is 1. The van der Waals surface area contributed by atoms with Gasteiger partial charge in [0.1, 0.15) is 5.75 Å². The normalized spacial score (nSPS) is 11.4. The van der Waals surface area contributed by atoms with E-state index in [-0.39, 0.29) is 5.75 Å². The van der Waals surface area contributed by atoms with Gasteiger partial charge in [-0.2, -0.15) is 0 Å². The Hall–Kier alpha value is -2.01. The van der Waals surface area contributed by atoms with E-state index in [1.807, 2.05) is 19.9 Å². The predicted molar refractivity (Wildman–Crippen MR) is 84.2 cm³/mol. The van der Waals surface area contributed by atoms with Crippen molar-refractivity contribution in [1.29, 1.82) is 0 Å². The monoisotopic (exact) mass is 305 g/mol. The van der Waals surface area contributed by atoms with Gasteiger partial charge in [-0.3, -0.25) is 0 Å². The summed E-state index contributed by atoms with van der Waals surface area (Å²) in [6, 6.07) is 10.2. The summed E-state index contributed by atoms with van der Waals surface area (Å²) < 4.78 is 30.1. The molecule has 2 rings (SSSR count). The van der Waals surface area contributed by atoms with E-state index < -0.39 is 9.84 Å². The molecular formula is C16H19NO3S. The molecule has 4 nitrogen and oxygen atoms in total. The molecule has 5 heteroatoms. The number of nitrogen functional groups attached to an aromatic ring is 1. The molecule has 112 valence electrons. The number of aryl methyl sites for hydroxylation is 2. The molecule has 0 heterocycles. The van der Waals surface area contributed by atoms with Gasteiger partial charge in [-0.15, -0.1) is 0 Å². The average molecular weight is 305 g/mol. The first-order valence-corrected chi connectivity index (χ1v) is 8.20. The van der Waals surface area contributed by atoms with Crippen molar-refractivity contribution in [2.45, 2.75) is 24.5 Å². The number of hydrogen-bond donors (Lipinski definition) is 1. The lowest BCUT2D eigenvalue weighted by Gasteiger charge is -2.09. The van der Waals surface area contributed by atoms with E-state index in [2.05, 4.69) is 0 Å². The van der Waals surface area contributed by atoms with Crippen LogP contribution >= 0.6 is 0 Å². The maximum absolute atomic E-state index is 12.5. The van der Waals surface area contributed by atoms with Crippen LogP contribution in [0.2, 0.25) is 0 Å². The molecule has 0 unspecified atom stereocenters. The fourth-order valence-electron chi connectivity index (χ4n) is 2.10. The summed E-state index contributed by atoms with van der Waals surface area (Å²) in [5, 5.41) is 0. The second-order valence-corrected chi connectivity index (χ2v) is 7.11. The van der Waals surface area contributed by atoms with Crippen LogP contribution in [0.25, 0.3) is 0 Å². The molecule has 0 aliphatic rings. The van der Waals surface area contributed by atoms with Gasteiger partial charge >= 0.3 is 0 Å². The van der Waals surface area contributed by atoms with Crippen molar-refractivity contribution in [2.75, 3.05) is 12.8 Å². The lowest BCUT2D eigenvalue weighted by molar-refractivity contribution is 0.414. The highest BCUT2D eigenvalue weighted by Gasteiger charge is 2.16. The van der Waals surface area contributed by atoms with Gasteiger partial charge in [-0.05, 0) is 54.8 Å². The Bertz CT molecular complexity index is 767. The Morgan fingerprint density at radius 3 is 2.38 bits per heavy atom. The van der Waals surface area contributed by atoms with Gasteiger partial charge in [0.05, 0.1) is 17.8 Å². The molecule has 0 aromatic heterocycles. The molecule has 2 aromatic carbocycles.